The first kappa shape index (κ1) is 15.0. The van der Waals surface area contributed by atoms with Crippen molar-refractivity contribution in [1.82, 2.24) is 4.98 Å². The Kier molecular flexibility index (Phi) is 3.96. The number of pyridine rings is 1. The highest BCUT2D eigenvalue weighted by Crippen LogP contribution is 2.30. The number of anilines is 2. The van der Waals surface area contributed by atoms with Crippen LogP contribution in [0.15, 0.2) is 53.1 Å². The number of amides is 1. The molecule has 1 heterocycles. The van der Waals surface area contributed by atoms with Crippen LogP contribution in [0.4, 0.5) is 11.4 Å². The summed E-state index contributed by atoms with van der Waals surface area (Å²) >= 11 is 3.41. The van der Waals surface area contributed by atoms with E-state index in [2.05, 4.69) is 32.3 Å². The van der Waals surface area contributed by atoms with Gasteiger partial charge in [0.2, 0.25) is 5.91 Å². The van der Waals surface area contributed by atoms with Crippen molar-refractivity contribution in [3.63, 3.8) is 0 Å². The van der Waals surface area contributed by atoms with Gasteiger partial charge in [-0.25, -0.2) is 0 Å². The molecule has 0 aliphatic carbocycles. The van der Waals surface area contributed by atoms with E-state index in [1.807, 2.05) is 24.3 Å². The maximum Gasteiger partial charge on any atom is 0.248 e. The number of benzene rings is 2. The lowest BCUT2D eigenvalue weighted by Gasteiger charge is -2.12. The SMILES string of the molecule is N#Cc1cnc2ccc(C(N)=O)cc2c1Nc1cccc(Br)c1. The van der Waals surface area contributed by atoms with Gasteiger partial charge in [-0.15, -0.1) is 0 Å². The van der Waals surface area contributed by atoms with Crippen LogP contribution in [0, 0.1) is 11.3 Å². The summed E-state index contributed by atoms with van der Waals surface area (Å²) in [4.78, 5) is 15.7. The largest absolute Gasteiger partial charge is 0.366 e. The van der Waals surface area contributed by atoms with E-state index in [0.717, 1.165) is 10.2 Å². The van der Waals surface area contributed by atoms with Gasteiger partial charge < -0.3 is 11.1 Å². The van der Waals surface area contributed by atoms with Crippen LogP contribution in [0.25, 0.3) is 10.9 Å². The smallest absolute Gasteiger partial charge is 0.248 e. The summed E-state index contributed by atoms with van der Waals surface area (Å²) in [5.41, 5.74) is 8.18. The third kappa shape index (κ3) is 3.00. The molecule has 0 bridgehead atoms. The van der Waals surface area contributed by atoms with E-state index in [0.29, 0.717) is 27.7 Å². The predicted molar refractivity (Wildman–Crippen MR) is 92.4 cm³/mol. The van der Waals surface area contributed by atoms with Crippen LogP contribution in [0.3, 0.4) is 0 Å². The van der Waals surface area contributed by atoms with Crippen LogP contribution in [-0.4, -0.2) is 10.9 Å². The molecule has 23 heavy (non-hydrogen) atoms. The first-order valence-corrected chi connectivity index (χ1v) is 7.53. The molecule has 0 radical (unpaired) electrons. The van der Waals surface area contributed by atoms with Crippen LogP contribution in [0.2, 0.25) is 0 Å². The number of rotatable bonds is 3. The maximum atomic E-state index is 11.4. The summed E-state index contributed by atoms with van der Waals surface area (Å²) in [5.74, 6) is -0.525. The van der Waals surface area contributed by atoms with Crippen molar-refractivity contribution in [2.75, 3.05) is 5.32 Å². The summed E-state index contributed by atoms with van der Waals surface area (Å²) in [6, 6.07) is 14.7. The number of aromatic nitrogens is 1. The van der Waals surface area contributed by atoms with E-state index in [1.165, 1.54) is 6.20 Å². The van der Waals surface area contributed by atoms with Crippen LogP contribution in [0.1, 0.15) is 15.9 Å². The van der Waals surface area contributed by atoms with E-state index in [9.17, 15) is 10.1 Å². The Morgan fingerprint density at radius 3 is 2.78 bits per heavy atom. The van der Waals surface area contributed by atoms with Gasteiger partial charge in [-0.3, -0.25) is 9.78 Å². The summed E-state index contributed by atoms with van der Waals surface area (Å²) in [5, 5.41) is 13.3. The Balaban J connectivity index is 2.21. The van der Waals surface area contributed by atoms with E-state index in [-0.39, 0.29) is 0 Å². The number of hydrogen-bond donors (Lipinski definition) is 2. The monoisotopic (exact) mass is 366 g/mol. The molecule has 0 saturated carbocycles. The summed E-state index contributed by atoms with van der Waals surface area (Å²) < 4.78 is 0.914. The lowest BCUT2D eigenvalue weighted by molar-refractivity contribution is 0.100. The van der Waals surface area contributed by atoms with Gasteiger partial charge in [0, 0.05) is 27.3 Å². The van der Waals surface area contributed by atoms with Crippen molar-refractivity contribution in [1.29, 1.82) is 5.26 Å². The van der Waals surface area contributed by atoms with Crippen LogP contribution in [-0.2, 0) is 0 Å². The van der Waals surface area contributed by atoms with Crippen molar-refractivity contribution in [2.45, 2.75) is 0 Å². The summed E-state index contributed by atoms with van der Waals surface area (Å²) in [7, 11) is 0. The molecule has 2 aromatic carbocycles. The van der Waals surface area contributed by atoms with Crippen LogP contribution < -0.4 is 11.1 Å². The molecule has 0 spiro atoms. The molecule has 0 atom stereocenters. The van der Waals surface area contributed by atoms with Gasteiger partial charge in [0.25, 0.3) is 0 Å². The van der Waals surface area contributed by atoms with Gasteiger partial charge in [0.15, 0.2) is 0 Å². The minimum absolute atomic E-state index is 0.367. The average Bonchev–Trinajstić information content (AvgIpc) is 2.54. The summed E-state index contributed by atoms with van der Waals surface area (Å²) in [6.45, 7) is 0. The van der Waals surface area contributed by atoms with Crippen molar-refractivity contribution in [3.05, 3.63) is 64.3 Å². The molecule has 0 unspecified atom stereocenters. The quantitative estimate of drug-likeness (QED) is 0.738. The topological polar surface area (TPSA) is 91.8 Å². The second-order valence-electron chi connectivity index (χ2n) is 4.89. The Hall–Kier alpha value is -2.91. The van der Waals surface area contributed by atoms with Gasteiger partial charge in [-0.1, -0.05) is 22.0 Å². The fourth-order valence-electron chi connectivity index (χ4n) is 2.28. The van der Waals surface area contributed by atoms with Gasteiger partial charge in [-0.2, -0.15) is 5.26 Å². The third-order valence-electron chi connectivity index (χ3n) is 3.37. The Labute approximate surface area is 140 Å². The first-order valence-electron chi connectivity index (χ1n) is 6.74. The lowest BCUT2D eigenvalue weighted by Crippen LogP contribution is -2.10. The molecule has 0 saturated heterocycles. The van der Waals surface area contributed by atoms with E-state index < -0.39 is 5.91 Å². The van der Waals surface area contributed by atoms with Crippen molar-refractivity contribution >= 4 is 44.1 Å². The number of carbonyl (C=O) groups is 1. The second-order valence-corrected chi connectivity index (χ2v) is 5.81. The Morgan fingerprint density at radius 1 is 1.26 bits per heavy atom. The molecule has 0 aliphatic rings. The zero-order valence-electron chi connectivity index (χ0n) is 11.9. The number of halogens is 1. The zero-order chi connectivity index (χ0) is 16.4. The molecule has 5 nitrogen and oxygen atoms in total. The highest BCUT2D eigenvalue weighted by atomic mass is 79.9. The molecule has 6 heteroatoms. The highest BCUT2D eigenvalue weighted by Gasteiger charge is 2.11. The Morgan fingerprint density at radius 2 is 2.09 bits per heavy atom. The molecule has 3 aromatic rings. The molecule has 1 aromatic heterocycles. The normalized spacial score (nSPS) is 10.3. The number of carbonyl (C=O) groups excluding carboxylic acids is 1. The first-order chi connectivity index (χ1) is 11.1. The molecule has 0 fully saturated rings. The number of fused-ring (bicyclic) bond motifs is 1. The van der Waals surface area contributed by atoms with Crippen molar-refractivity contribution < 1.29 is 4.79 Å². The number of nitrogens with two attached hydrogens (primary N) is 1. The molecule has 3 N–H and O–H groups in total. The number of primary amides is 1. The second kappa shape index (κ2) is 6.07. The van der Waals surface area contributed by atoms with Gasteiger partial charge in [0.05, 0.1) is 16.8 Å². The minimum atomic E-state index is -0.525. The van der Waals surface area contributed by atoms with Crippen molar-refractivity contribution in [3.8, 4) is 6.07 Å². The third-order valence-corrected chi connectivity index (χ3v) is 3.86. The fourth-order valence-corrected chi connectivity index (χ4v) is 2.68. The molecule has 3 rings (SSSR count). The Bertz CT molecular complexity index is 962. The summed E-state index contributed by atoms with van der Waals surface area (Å²) in [6.07, 6.45) is 1.51. The average molecular weight is 367 g/mol. The maximum absolute atomic E-state index is 11.4. The van der Waals surface area contributed by atoms with Crippen molar-refractivity contribution in [2.24, 2.45) is 5.73 Å². The van der Waals surface area contributed by atoms with E-state index >= 15 is 0 Å². The fraction of sp³-hybridized carbons (Fsp3) is 0. The van der Waals surface area contributed by atoms with Crippen LogP contribution in [0.5, 0.6) is 0 Å². The van der Waals surface area contributed by atoms with Gasteiger partial charge in [0.1, 0.15) is 6.07 Å². The van der Waals surface area contributed by atoms with Gasteiger partial charge >= 0.3 is 0 Å². The number of nitriles is 1. The molecular formula is C17H11BrN4O. The van der Waals surface area contributed by atoms with Crippen LogP contribution >= 0.6 is 15.9 Å². The highest BCUT2D eigenvalue weighted by molar-refractivity contribution is 9.10. The molecular weight excluding hydrogens is 356 g/mol. The van der Waals surface area contributed by atoms with E-state index in [1.54, 1.807) is 18.2 Å². The van der Waals surface area contributed by atoms with E-state index in [4.69, 9.17) is 5.73 Å². The zero-order valence-corrected chi connectivity index (χ0v) is 13.5. The molecule has 0 aliphatic heterocycles. The number of nitrogens with one attached hydrogen (secondary N) is 1. The standard InChI is InChI=1S/C17H11BrN4O/c18-12-2-1-3-13(7-12)22-16-11(8-19)9-21-15-5-4-10(17(20)23)6-14(15)16/h1-7,9H,(H2,20,23)(H,21,22). The molecule has 112 valence electrons. The molecule has 1 amide bonds. The number of nitrogens with zero attached hydrogens (tertiary/aromatic N) is 2. The predicted octanol–water partition coefficient (Wildman–Crippen LogP) is 3.71. The minimum Gasteiger partial charge on any atom is -0.366 e. The number of hydrogen-bond acceptors (Lipinski definition) is 4. The van der Waals surface area contributed by atoms with Gasteiger partial charge in [-0.05, 0) is 36.4 Å². The lowest BCUT2D eigenvalue weighted by atomic mass is 10.1.